The van der Waals surface area contributed by atoms with Crippen molar-refractivity contribution in [2.45, 2.75) is 394 Å². The first-order valence-corrected chi connectivity index (χ1v) is 37.5. The Hall–Kier alpha value is -3.16. The summed E-state index contributed by atoms with van der Waals surface area (Å²) < 4.78 is 23.9. The number of ether oxygens (including phenoxy) is 4. The van der Waals surface area contributed by atoms with Crippen molar-refractivity contribution in [2.24, 2.45) is 5.41 Å². The van der Waals surface area contributed by atoms with Gasteiger partial charge in [0.15, 0.2) is 0 Å². The minimum absolute atomic E-state index is 0.0489. The molecule has 0 bridgehead atoms. The highest BCUT2D eigenvalue weighted by Gasteiger charge is 2.36. The summed E-state index contributed by atoms with van der Waals surface area (Å²) in [5.74, 6) is -1.20. The Morgan fingerprint density at radius 1 is 0.233 bits per heavy atom. The summed E-state index contributed by atoms with van der Waals surface area (Å²) in [5.41, 5.74) is -1.06. The van der Waals surface area contributed by atoms with E-state index in [2.05, 4.69) is 76.3 Å². The van der Waals surface area contributed by atoms with E-state index in [0.717, 1.165) is 148 Å². The number of hydrogen-bond acceptors (Lipinski definition) is 8. The van der Waals surface area contributed by atoms with Crippen LogP contribution in [0.5, 0.6) is 0 Å². The molecule has 0 unspecified atom stereocenters. The van der Waals surface area contributed by atoms with Crippen molar-refractivity contribution in [1.29, 1.82) is 0 Å². The van der Waals surface area contributed by atoms with E-state index in [1.807, 2.05) is 0 Å². The van der Waals surface area contributed by atoms with Crippen LogP contribution in [0.1, 0.15) is 394 Å². The molecule has 0 saturated carbocycles. The Bertz CT molecular complexity index is 1440. The molecule has 86 heavy (non-hydrogen) atoms. The Labute approximate surface area is 533 Å². The molecule has 0 rings (SSSR count). The lowest BCUT2D eigenvalue weighted by molar-refractivity contribution is -0.166. The number of unbranched alkanes of at least 4 members (excludes halogenated alkanes) is 44. The maximum absolute atomic E-state index is 13.4. The van der Waals surface area contributed by atoms with Crippen molar-refractivity contribution in [2.75, 3.05) is 26.4 Å². The van der Waals surface area contributed by atoms with Gasteiger partial charge in [-0.3, -0.25) is 19.2 Å². The molecule has 0 atom stereocenters. The van der Waals surface area contributed by atoms with E-state index in [-0.39, 0.29) is 56.7 Å². The van der Waals surface area contributed by atoms with E-state index < -0.39 is 5.41 Å². The van der Waals surface area contributed by atoms with Crippen LogP contribution >= 0.6 is 0 Å². The van der Waals surface area contributed by atoms with Crippen LogP contribution in [0.3, 0.4) is 0 Å². The molecule has 0 aliphatic rings. The van der Waals surface area contributed by atoms with E-state index in [0.29, 0.717) is 25.7 Å². The zero-order valence-corrected chi connectivity index (χ0v) is 57.5. The third-order valence-corrected chi connectivity index (χ3v) is 17.1. The maximum Gasteiger partial charge on any atom is 0.305 e. The minimum atomic E-state index is -1.06. The zero-order chi connectivity index (χ0) is 62.4. The highest BCUT2D eigenvalue weighted by molar-refractivity contribution is 5.71. The molecule has 0 amide bonds. The van der Waals surface area contributed by atoms with Crippen molar-refractivity contribution in [3.8, 4) is 0 Å². The normalized spacial score (nSPS) is 12.0. The maximum atomic E-state index is 13.4. The van der Waals surface area contributed by atoms with Crippen LogP contribution in [0.25, 0.3) is 0 Å². The second-order valence-corrected chi connectivity index (χ2v) is 25.8. The SMILES string of the molecule is CCCCCCCC/C=C/CCCCCCCC(=O)OCCC(COC(=O)CCCCCCC/C=C/CCCCCCCC)(COC(=O)CCCCCCC/C=C/CCCCCCCC)COC(=O)CCCCCCC/C=C/CCCCCCCC. The number of rotatable bonds is 69. The number of carbonyl (C=O) groups is 4. The fourth-order valence-electron chi connectivity index (χ4n) is 11.1. The third-order valence-electron chi connectivity index (χ3n) is 17.1. The van der Waals surface area contributed by atoms with Crippen LogP contribution < -0.4 is 0 Å². The lowest BCUT2D eigenvalue weighted by Crippen LogP contribution is -2.40. The lowest BCUT2D eigenvalue weighted by atomic mass is 9.87. The van der Waals surface area contributed by atoms with Gasteiger partial charge in [0.1, 0.15) is 19.8 Å². The molecular weight excluding hydrogens is 1060 g/mol. The number of esters is 4. The lowest BCUT2D eigenvalue weighted by Gasteiger charge is -2.32. The Morgan fingerprint density at radius 2 is 0.407 bits per heavy atom. The average Bonchev–Trinajstić information content (AvgIpc) is 3.43. The molecule has 0 radical (unpaired) electrons. The summed E-state index contributed by atoms with van der Waals surface area (Å²) in [4.78, 5) is 53.3. The van der Waals surface area contributed by atoms with E-state index in [1.54, 1.807) is 0 Å². The molecule has 0 N–H and O–H groups in total. The van der Waals surface area contributed by atoms with Crippen LogP contribution in [-0.2, 0) is 38.1 Å². The van der Waals surface area contributed by atoms with Gasteiger partial charge in [0, 0.05) is 25.7 Å². The smallest absolute Gasteiger partial charge is 0.305 e. The van der Waals surface area contributed by atoms with Gasteiger partial charge in [-0.05, 0) is 135 Å². The molecule has 0 aromatic heterocycles. The van der Waals surface area contributed by atoms with E-state index in [1.165, 1.54) is 186 Å². The molecule has 8 nitrogen and oxygen atoms in total. The van der Waals surface area contributed by atoms with Crippen molar-refractivity contribution in [1.82, 2.24) is 0 Å². The summed E-state index contributed by atoms with van der Waals surface area (Å²) >= 11 is 0. The van der Waals surface area contributed by atoms with Gasteiger partial charge in [0.25, 0.3) is 0 Å². The molecule has 0 saturated heterocycles. The second-order valence-electron chi connectivity index (χ2n) is 25.8. The Kier molecular flexibility index (Phi) is 66.8. The topological polar surface area (TPSA) is 105 Å². The first-order valence-electron chi connectivity index (χ1n) is 37.5. The molecule has 0 heterocycles. The molecule has 0 fully saturated rings. The molecule has 0 aliphatic heterocycles. The van der Waals surface area contributed by atoms with E-state index in [9.17, 15) is 19.2 Å². The summed E-state index contributed by atoms with van der Waals surface area (Å²) in [5, 5.41) is 0. The summed E-state index contributed by atoms with van der Waals surface area (Å²) in [6, 6.07) is 0. The quantitative estimate of drug-likeness (QED) is 0.0257. The monoisotopic (exact) mass is 1210 g/mol. The molecule has 8 heteroatoms. The van der Waals surface area contributed by atoms with E-state index >= 15 is 0 Å². The first-order chi connectivity index (χ1) is 42.3. The average molecular weight is 1210 g/mol. The standard InChI is InChI=1S/C78H142O8/c1-5-9-13-17-21-25-29-33-37-41-45-49-53-57-61-65-74(79)83-70-69-78(71-84-75(80)66-62-58-54-50-46-42-38-34-30-26-22-18-14-10-6-2,72-85-76(81)67-63-59-55-51-47-43-39-35-31-27-23-19-15-11-7-3)73-86-77(82)68-64-60-56-52-48-44-40-36-32-28-24-20-16-12-8-4/h33-40H,5-32,41-73H2,1-4H3/b37-33+,38-34+,39-35+,40-36+. The summed E-state index contributed by atoms with van der Waals surface area (Å²) in [7, 11) is 0. The van der Waals surface area contributed by atoms with Crippen molar-refractivity contribution >= 4 is 23.9 Å². The molecule has 0 aliphatic carbocycles. The van der Waals surface area contributed by atoms with Crippen molar-refractivity contribution in [3.05, 3.63) is 48.6 Å². The Balaban J connectivity index is 5.50. The van der Waals surface area contributed by atoms with Crippen molar-refractivity contribution in [3.63, 3.8) is 0 Å². The predicted octanol–water partition coefficient (Wildman–Crippen LogP) is 24.7. The minimum Gasteiger partial charge on any atom is -0.466 e. The van der Waals surface area contributed by atoms with Gasteiger partial charge in [-0.1, -0.05) is 282 Å². The first kappa shape index (κ1) is 82.8. The number of allylic oxidation sites excluding steroid dienone is 8. The van der Waals surface area contributed by atoms with Crippen LogP contribution in [0.2, 0.25) is 0 Å². The van der Waals surface area contributed by atoms with Gasteiger partial charge >= 0.3 is 23.9 Å². The second kappa shape index (κ2) is 69.3. The molecular formula is C78H142O8. The third kappa shape index (κ3) is 63.8. The largest absolute Gasteiger partial charge is 0.466 e. The summed E-state index contributed by atoms with van der Waals surface area (Å²) in [6.07, 6.45) is 81.7. The van der Waals surface area contributed by atoms with Crippen LogP contribution in [0, 0.1) is 5.41 Å². The highest BCUT2D eigenvalue weighted by atomic mass is 16.6. The van der Waals surface area contributed by atoms with Gasteiger partial charge in [0.05, 0.1) is 12.0 Å². The highest BCUT2D eigenvalue weighted by Crippen LogP contribution is 2.27. The molecule has 502 valence electrons. The van der Waals surface area contributed by atoms with E-state index in [4.69, 9.17) is 18.9 Å². The fourth-order valence-corrected chi connectivity index (χ4v) is 11.1. The molecule has 0 aromatic carbocycles. The van der Waals surface area contributed by atoms with Crippen LogP contribution in [-0.4, -0.2) is 50.3 Å². The van der Waals surface area contributed by atoms with Crippen LogP contribution in [0.4, 0.5) is 0 Å². The van der Waals surface area contributed by atoms with Crippen molar-refractivity contribution < 1.29 is 38.1 Å². The zero-order valence-electron chi connectivity index (χ0n) is 57.5. The Morgan fingerprint density at radius 3 is 0.616 bits per heavy atom. The van der Waals surface area contributed by atoms with Gasteiger partial charge in [-0.2, -0.15) is 0 Å². The fraction of sp³-hybridized carbons (Fsp3) is 0.846. The van der Waals surface area contributed by atoms with Gasteiger partial charge < -0.3 is 18.9 Å². The molecule has 0 aromatic rings. The summed E-state index contributed by atoms with van der Waals surface area (Å²) in [6.45, 7) is 8.82. The predicted molar refractivity (Wildman–Crippen MR) is 369 cm³/mol. The van der Waals surface area contributed by atoms with Gasteiger partial charge in [-0.15, -0.1) is 0 Å². The van der Waals surface area contributed by atoms with Crippen LogP contribution in [0.15, 0.2) is 48.6 Å². The molecule has 0 spiro atoms. The number of carbonyl (C=O) groups excluding carboxylic acids is 4. The van der Waals surface area contributed by atoms with Gasteiger partial charge in [-0.25, -0.2) is 0 Å². The number of hydrogen-bond donors (Lipinski definition) is 0. The van der Waals surface area contributed by atoms with Gasteiger partial charge in [0.2, 0.25) is 0 Å².